The number of benzene rings is 5. The summed E-state index contributed by atoms with van der Waals surface area (Å²) < 4.78 is 9.00. The summed E-state index contributed by atoms with van der Waals surface area (Å²) in [7, 11) is 0. The Morgan fingerprint density at radius 3 is 1.93 bits per heavy atom. The number of rotatable bonds is 7. The molecule has 0 atom stereocenters. The Labute approximate surface area is 366 Å². The standard InChI is InChI=1S/C53H55N4O.Pt/c1-50(2,3)37-18-15-19-41(28-37)55-26-27-56(35-55)42-29-40(52(7,8)9)30-44(33-42)58-43-21-22-45-46-31-39(53(10,11)36-16-13-12-14-17-36)20-23-47(46)57(48(45)34-43)49-32-38(24-25-54-49)51(4,5)6;/h12-32,35H,1-11H3;/q-3;. The monoisotopic (exact) mass is 958 g/mol. The first kappa shape index (κ1) is 42.0. The van der Waals surface area contributed by atoms with E-state index in [-0.39, 0.29) is 42.7 Å². The second kappa shape index (κ2) is 15.5. The van der Waals surface area contributed by atoms with E-state index in [0.29, 0.717) is 11.5 Å². The minimum Gasteiger partial charge on any atom is -0.509 e. The second-order valence-corrected chi connectivity index (χ2v) is 19.3. The van der Waals surface area contributed by atoms with Crippen LogP contribution in [0.2, 0.25) is 0 Å². The Balaban J connectivity index is 0.00000528. The van der Waals surface area contributed by atoms with Crippen LogP contribution < -0.4 is 14.5 Å². The van der Waals surface area contributed by atoms with Gasteiger partial charge < -0.3 is 19.1 Å². The fourth-order valence-electron chi connectivity index (χ4n) is 7.70. The van der Waals surface area contributed by atoms with Crippen molar-refractivity contribution in [3.8, 4) is 17.3 Å². The van der Waals surface area contributed by atoms with Gasteiger partial charge in [-0.05, 0) is 86.6 Å². The molecule has 0 saturated carbocycles. The third-order valence-electron chi connectivity index (χ3n) is 11.5. The predicted molar refractivity (Wildman–Crippen MR) is 242 cm³/mol. The Bertz CT molecular complexity index is 2670. The van der Waals surface area contributed by atoms with Gasteiger partial charge in [0.1, 0.15) is 5.82 Å². The van der Waals surface area contributed by atoms with Gasteiger partial charge in [-0.1, -0.05) is 136 Å². The molecule has 1 aliphatic heterocycles. The van der Waals surface area contributed by atoms with E-state index in [4.69, 9.17) is 9.72 Å². The van der Waals surface area contributed by atoms with Crippen LogP contribution in [-0.4, -0.2) is 9.55 Å². The van der Waals surface area contributed by atoms with Crippen LogP contribution in [0.3, 0.4) is 0 Å². The summed E-state index contributed by atoms with van der Waals surface area (Å²) in [4.78, 5) is 9.21. The Hall–Kier alpha value is -5.12. The number of aromatic nitrogens is 2. The van der Waals surface area contributed by atoms with E-state index in [1.165, 1.54) is 22.3 Å². The molecule has 5 aromatic carbocycles. The van der Waals surface area contributed by atoms with Crippen molar-refractivity contribution in [2.45, 2.75) is 97.8 Å². The van der Waals surface area contributed by atoms with E-state index in [0.717, 1.165) is 44.6 Å². The topological polar surface area (TPSA) is 33.5 Å². The zero-order chi connectivity index (χ0) is 41.2. The summed E-state index contributed by atoms with van der Waals surface area (Å²) in [6.07, 6.45) is 6.09. The number of anilines is 2. The van der Waals surface area contributed by atoms with Crippen molar-refractivity contribution < 1.29 is 25.8 Å². The number of fused-ring (bicyclic) bond motifs is 3. The van der Waals surface area contributed by atoms with E-state index in [1.807, 2.05) is 12.3 Å². The third-order valence-corrected chi connectivity index (χ3v) is 11.5. The average molecular weight is 959 g/mol. The fraction of sp³-hybridized carbons (Fsp3) is 0.283. The quantitative estimate of drug-likeness (QED) is 0.149. The van der Waals surface area contributed by atoms with Crippen LogP contribution in [-0.2, 0) is 42.7 Å². The van der Waals surface area contributed by atoms with E-state index in [2.05, 4.69) is 225 Å². The fourth-order valence-corrected chi connectivity index (χ4v) is 7.70. The van der Waals surface area contributed by atoms with Gasteiger partial charge in [0.25, 0.3) is 0 Å². The van der Waals surface area contributed by atoms with Crippen molar-refractivity contribution in [3.05, 3.63) is 174 Å². The molecule has 0 N–H and O–H groups in total. The molecule has 59 heavy (non-hydrogen) atoms. The Morgan fingerprint density at radius 1 is 0.542 bits per heavy atom. The van der Waals surface area contributed by atoms with Gasteiger partial charge in [-0.2, -0.15) is 6.07 Å². The molecule has 0 spiro atoms. The van der Waals surface area contributed by atoms with Crippen LogP contribution in [0.1, 0.15) is 104 Å². The van der Waals surface area contributed by atoms with Crippen LogP contribution in [0.4, 0.5) is 11.4 Å². The smallest absolute Gasteiger partial charge is 0.135 e. The molecule has 0 radical (unpaired) electrons. The van der Waals surface area contributed by atoms with Gasteiger partial charge in [0, 0.05) is 55.4 Å². The van der Waals surface area contributed by atoms with E-state index in [9.17, 15) is 0 Å². The summed E-state index contributed by atoms with van der Waals surface area (Å²) in [5.74, 6) is 2.10. The molecule has 0 saturated heterocycles. The number of pyridine rings is 1. The van der Waals surface area contributed by atoms with Crippen molar-refractivity contribution in [2.24, 2.45) is 0 Å². The zero-order valence-electron chi connectivity index (χ0n) is 36.2. The first-order valence-corrected chi connectivity index (χ1v) is 20.4. The van der Waals surface area contributed by atoms with E-state index >= 15 is 0 Å². The maximum absolute atomic E-state index is 6.76. The molecule has 0 amide bonds. The molecular formula is C53H55N4OPt-3. The molecule has 7 aromatic rings. The second-order valence-electron chi connectivity index (χ2n) is 19.3. The Morgan fingerprint density at radius 2 is 1.22 bits per heavy atom. The van der Waals surface area contributed by atoms with E-state index < -0.39 is 0 Å². The molecule has 0 fully saturated rings. The average Bonchev–Trinajstić information content (AvgIpc) is 3.81. The van der Waals surface area contributed by atoms with Gasteiger partial charge >= 0.3 is 0 Å². The summed E-state index contributed by atoms with van der Waals surface area (Å²) in [6.45, 7) is 26.8. The minimum absolute atomic E-state index is 0. The van der Waals surface area contributed by atoms with Crippen molar-refractivity contribution in [3.63, 3.8) is 0 Å². The molecule has 5 nitrogen and oxygen atoms in total. The van der Waals surface area contributed by atoms with Crippen molar-refractivity contribution in [1.29, 1.82) is 0 Å². The molecule has 0 unspecified atom stereocenters. The minimum atomic E-state index is -0.192. The molecule has 2 aromatic heterocycles. The van der Waals surface area contributed by atoms with Gasteiger partial charge in [-0.15, -0.1) is 53.6 Å². The largest absolute Gasteiger partial charge is 0.509 e. The maximum atomic E-state index is 6.76. The zero-order valence-corrected chi connectivity index (χ0v) is 38.5. The van der Waals surface area contributed by atoms with Gasteiger partial charge in [0.15, 0.2) is 0 Å². The predicted octanol–water partition coefficient (Wildman–Crippen LogP) is 13.7. The summed E-state index contributed by atoms with van der Waals surface area (Å²) >= 11 is 0. The summed E-state index contributed by atoms with van der Waals surface area (Å²) in [5.41, 5.74) is 9.90. The normalized spacial score (nSPS) is 13.7. The van der Waals surface area contributed by atoms with Crippen molar-refractivity contribution in [2.75, 3.05) is 9.80 Å². The van der Waals surface area contributed by atoms with Crippen molar-refractivity contribution >= 4 is 33.2 Å². The summed E-state index contributed by atoms with van der Waals surface area (Å²) in [6, 6.07) is 46.5. The van der Waals surface area contributed by atoms with Gasteiger partial charge in [0.2, 0.25) is 0 Å². The van der Waals surface area contributed by atoms with Crippen LogP contribution in [0.25, 0.3) is 27.6 Å². The summed E-state index contributed by atoms with van der Waals surface area (Å²) in [5, 5.41) is 2.25. The molecule has 8 rings (SSSR count). The van der Waals surface area contributed by atoms with Crippen LogP contribution in [0.15, 0.2) is 128 Å². The molecule has 3 heterocycles. The molecule has 0 aliphatic carbocycles. The number of nitrogens with zero attached hydrogens (tertiary/aromatic N) is 4. The van der Waals surface area contributed by atoms with Gasteiger partial charge in [-0.25, -0.2) is 4.98 Å². The molecule has 0 bridgehead atoms. The number of ether oxygens (including phenoxy) is 1. The van der Waals surface area contributed by atoms with Crippen molar-refractivity contribution in [1.82, 2.24) is 9.55 Å². The van der Waals surface area contributed by atoms with Crippen LogP contribution >= 0.6 is 0 Å². The SMILES string of the molecule is CC(C)(C)c1cc(Oc2[c-]c3c(cc2)c2cc(C(C)(C)c4ccccc4)ccc2n3-c2cc(C(C)(C)C)ccn2)[c-]c(N2C=CN(c3cccc(C(C)(C)C)c3)[CH-]2)c1.[Pt]. The van der Waals surface area contributed by atoms with Gasteiger partial charge in [-0.3, -0.25) is 0 Å². The molecular weight excluding hydrogens is 904 g/mol. The first-order valence-electron chi connectivity index (χ1n) is 20.4. The van der Waals surface area contributed by atoms with Crippen LogP contribution in [0, 0.1) is 18.8 Å². The number of hydrogen-bond donors (Lipinski definition) is 0. The van der Waals surface area contributed by atoms with E-state index in [1.54, 1.807) is 0 Å². The molecule has 6 heteroatoms. The Kier molecular flexibility index (Phi) is 11.0. The molecule has 1 aliphatic rings. The number of hydrogen-bond acceptors (Lipinski definition) is 4. The third kappa shape index (κ3) is 8.37. The van der Waals surface area contributed by atoms with Gasteiger partial charge in [0.05, 0.1) is 0 Å². The van der Waals surface area contributed by atoms with Crippen LogP contribution in [0.5, 0.6) is 11.5 Å². The molecule has 306 valence electrons. The maximum Gasteiger partial charge on any atom is 0.135 e. The first-order chi connectivity index (χ1) is 27.4.